The van der Waals surface area contributed by atoms with Crippen molar-refractivity contribution in [3.05, 3.63) is 19.3 Å². The molecule has 0 aliphatic carbocycles. The van der Waals surface area contributed by atoms with Crippen LogP contribution in [0.4, 0.5) is 4.79 Å². The normalized spacial score (nSPS) is 12.8. The van der Waals surface area contributed by atoms with Gasteiger partial charge in [0.05, 0.1) is 5.91 Å². The molecule has 2 amide bonds. The monoisotopic (exact) mass is 509 g/mol. The third-order valence-corrected chi connectivity index (χ3v) is 0.929. The van der Waals surface area contributed by atoms with Crippen molar-refractivity contribution in [1.82, 2.24) is 4.90 Å². The Kier molecular flexibility index (Phi) is 16.5. The van der Waals surface area contributed by atoms with E-state index < -0.39 is 12.0 Å². The summed E-state index contributed by atoms with van der Waals surface area (Å²) in [7, 11) is 0. The molecule has 0 aromatic rings. The number of halogens is 1. The Balaban J connectivity index is -0.000000234. The molecule has 1 fully saturated rings. The Hall–Kier alpha value is 0.926. The molecule has 0 bridgehead atoms. The molecule has 4 nitrogen and oxygen atoms in total. The average molecular weight is 510 g/mol. The summed E-state index contributed by atoms with van der Waals surface area (Å²) in [6.45, 7) is 4.54. The number of hydrogen-bond donors (Lipinski definition) is 0. The minimum absolute atomic E-state index is 0. The number of amides is 2. The minimum atomic E-state index is -0.644. The van der Waals surface area contributed by atoms with Crippen LogP contribution in [0, 0.1) is 50.4 Å². The second-order valence-electron chi connectivity index (χ2n) is 1.52. The van der Waals surface area contributed by atoms with E-state index in [2.05, 4.69) is 33.4 Å². The van der Waals surface area contributed by atoms with Gasteiger partial charge in [0.25, 0.3) is 0 Å². The summed E-state index contributed by atoms with van der Waals surface area (Å²) in [5.74, 6) is 2.50. The second-order valence-corrected chi connectivity index (χ2v) is 1.52. The van der Waals surface area contributed by atoms with Gasteiger partial charge in [0, 0.05) is 31.1 Å². The molecule has 0 atom stereocenters. The molecule has 0 saturated carbocycles. The quantitative estimate of drug-likeness (QED) is 0.460. The summed E-state index contributed by atoms with van der Waals surface area (Å²) in [6, 6.07) is 0. The zero-order valence-electron chi connectivity index (χ0n) is 6.70. The van der Waals surface area contributed by atoms with Gasteiger partial charge >= 0.3 is 24.6 Å². The Labute approximate surface area is 122 Å². The fourth-order valence-electron chi connectivity index (χ4n) is 0.531. The SMILES string of the molecule is [CH2-]Br.[CH2-]C(=O)N1[CH-]COC1=O.[U].[V+2]. The van der Waals surface area contributed by atoms with Crippen molar-refractivity contribution in [3.63, 3.8) is 0 Å². The van der Waals surface area contributed by atoms with E-state index in [9.17, 15) is 9.59 Å². The van der Waals surface area contributed by atoms with Gasteiger partial charge in [-0.3, -0.25) is 5.83 Å². The molecular formula is C6H7BrNO3UV-. The van der Waals surface area contributed by atoms with E-state index >= 15 is 0 Å². The second kappa shape index (κ2) is 11.0. The fraction of sp³-hybridized carbons (Fsp3) is 0.167. The standard InChI is InChI=1S/C5H5NO3.CH2Br.U.V/c1-4(7)6-2-3-9-5(6)8;1-2;;/h2H,1,3H2;1H2;;/q-2;-1;;+2. The number of hydrogen-bond acceptors (Lipinski definition) is 3. The predicted octanol–water partition coefficient (Wildman–Crippen LogP) is 1.13. The molecule has 0 N–H and O–H groups in total. The van der Waals surface area contributed by atoms with E-state index in [1.165, 1.54) is 6.54 Å². The molecule has 0 aromatic heterocycles. The Morgan fingerprint density at radius 1 is 1.62 bits per heavy atom. The summed E-state index contributed by atoms with van der Waals surface area (Å²) in [6.07, 6.45) is -0.644. The molecule has 1 rings (SSSR count). The zero-order valence-corrected chi connectivity index (χ0v) is 13.8. The predicted molar refractivity (Wildman–Crippen MR) is 42.1 cm³/mol. The molecule has 1 radical (unpaired) electrons. The van der Waals surface area contributed by atoms with Gasteiger partial charge in [0.1, 0.15) is 0 Å². The third-order valence-electron chi connectivity index (χ3n) is 0.929. The van der Waals surface area contributed by atoms with Gasteiger partial charge in [0.2, 0.25) is 0 Å². The Morgan fingerprint density at radius 2 is 2.08 bits per heavy atom. The van der Waals surface area contributed by atoms with Crippen molar-refractivity contribution in [2.24, 2.45) is 0 Å². The number of carbonyl (C=O) groups is 2. The first-order chi connectivity index (χ1) is 5.22. The number of nitrogens with zero attached hydrogens (tertiary/aromatic N) is 1. The first kappa shape index (κ1) is 19.5. The van der Waals surface area contributed by atoms with Crippen LogP contribution in [0.5, 0.6) is 0 Å². The summed E-state index contributed by atoms with van der Waals surface area (Å²) in [5, 5.41) is 0. The maximum atomic E-state index is 10.4. The van der Waals surface area contributed by atoms with Gasteiger partial charge in [-0.05, 0) is 6.61 Å². The van der Waals surface area contributed by atoms with E-state index in [0.717, 1.165) is 4.90 Å². The van der Waals surface area contributed by atoms with E-state index in [-0.39, 0.29) is 56.3 Å². The van der Waals surface area contributed by atoms with Crippen LogP contribution in [-0.2, 0) is 28.1 Å². The van der Waals surface area contributed by atoms with E-state index in [1.54, 1.807) is 0 Å². The average Bonchev–Trinajstić information content (AvgIpc) is 2.39. The van der Waals surface area contributed by atoms with Crippen LogP contribution >= 0.6 is 15.9 Å². The van der Waals surface area contributed by atoms with E-state index in [1.807, 2.05) is 0 Å². The molecule has 1 heterocycles. The molecule has 1 aliphatic heterocycles. The Bertz CT molecular complexity index is 170. The number of carbonyl (C=O) groups excluding carboxylic acids is 2. The van der Waals surface area contributed by atoms with Crippen LogP contribution in [0.1, 0.15) is 0 Å². The maximum Gasteiger partial charge on any atom is 2.00 e. The van der Waals surface area contributed by atoms with Gasteiger partial charge in [0.15, 0.2) is 0 Å². The molecule has 0 spiro atoms. The third kappa shape index (κ3) is 6.93. The maximum absolute atomic E-state index is 10.4. The minimum Gasteiger partial charge on any atom is -0.482 e. The van der Waals surface area contributed by atoms with Crippen molar-refractivity contribution in [3.8, 4) is 0 Å². The van der Waals surface area contributed by atoms with Crippen LogP contribution in [0.3, 0.4) is 0 Å². The first-order valence-electron chi connectivity index (χ1n) is 2.64. The van der Waals surface area contributed by atoms with Crippen LogP contribution in [-0.4, -0.2) is 23.5 Å². The van der Waals surface area contributed by atoms with Crippen molar-refractivity contribution in [1.29, 1.82) is 0 Å². The summed E-state index contributed by atoms with van der Waals surface area (Å²) >= 11 is 2.69. The molecule has 0 unspecified atom stereocenters. The molecule has 71 valence electrons. The largest absolute Gasteiger partial charge is 2.00 e. The fourth-order valence-corrected chi connectivity index (χ4v) is 0.531. The molecular weight excluding hydrogens is 503 g/mol. The van der Waals surface area contributed by atoms with Gasteiger partial charge < -0.3 is 37.3 Å². The van der Waals surface area contributed by atoms with Gasteiger partial charge in [-0.1, -0.05) is 0 Å². The summed E-state index contributed by atoms with van der Waals surface area (Å²) in [5.41, 5.74) is 0. The van der Waals surface area contributed by atoms with Gasteiger partial charge in [-0.15, -0.1) is 0 Å². The number of rotatable bonds is 0. The van der Waals surface area contributed by atoms with Crippen molar-refractivity contribution < 1.29 is 64.0 Å². The van der Waals surface area contributed by atoms with Gasteiger partial charge in [-0.25, -0.2) is 4.79 Å². The van der Waals surface area contributed by atoms with Crippen molar-refractivity contribution in [2.75, 3.05) is 6.61 Å². The summed E-state index contributed by atoms with van der Waals surface area (Å²) in [4.78, 5) is 21.6. The Morgan fingerprint density at radius 3 is 2.23 bits per heavy atom. The summed E-state index contributed by atoms with van der Waals surface area (Å²) < 4.78 is 4.40. The van der Waals surface area contributed by atoms with Crippen molar-refractivity contribution in [2.45, 2.75) is 0 Å². The van der Waals surface area contributed by atoms with E-state index in [0.29, 0.717) is 0 Å². The van der Waals surface area contributed by atoms with Crippen LogP contribution in [0.15, 0.2) is 0 Å². The number of imide groups is 1. The van der Waals surface area contributed by atoms with Crippen LogP contribution in [0.2, 0.25) is 0 Å². The van der Waals surface area contributed by atoms with Crippen molar-refractivity contribution >= 4 is 27.9 Å². The zero-order chi connectivity index (χ0) is 8.85. The molecule has 1 saturated heterocycles. The molecule has 7 heteroatoms. The van der Waals surface area contributed by atoms with Gasteiger partial charge in [-0.2, -0.15) is 6.54 Å². The topological polar surface area (TPSA) is 46.6 Å². The molecule has 0 aromatic carbocycles. The number of ether oxygens (including phenoxy) is 1. The van der Waals surface area contributed by atoms with Crippen LogP contribution in [0.25, 0.3) is 0 Å². The number of cyclic esters (lactones) is 1. The molecule has 1 aliphatic rings. The van der Waals surface area contributed by atoms with Crippen LogP contribution < -0.4 is 0 Å². The first-order valence-corrected chi connectivity index (χ1v) is 3.76. The molecule has 13 heavy (non-hydrogen) atoms. The smallest absolute Gasteiger partial charge is 0.482 e. The van der Waals surface area contributed by atoms with E-state index in [4.69, 9.17) is 0 Å².